The zero-order valence-corrected chi connectivity index (χ0v) is 19.2. The minimum atomic E-state index is -1.21. The average molecular weight is 405 g/mol. The number of nitrogens with zero attached hydrogens (tertiary/aromatic N) is 1. The molecule has 0 radical (unpaired) electrons. The smallest absolute Gasteiger partial charge is 0.326 e. The summed E-state index contributed by atoms with van der Waals surface area (Å²) in [5.41, 5.74) is 5.55. The van der Waals surface area contributed by atoms with Crippen LogP contribution in [0.3, 0.4) is 0 Å². The molecule has 0 bridgehead atoms. The first kappa shape index (κ1) is 26.7. The monoisotopic (exact) mass is 404 g/mol. The normalized spacial score (nSPS) is 15.4. The van der Waals surface area contributed by atoms with Crippen molar-refractivity contribution in [3.63, 3.8) is 0 Å². The Balaban J connectivity index is 6.18. The van der Waals surface area contributed by atoms with Gasteiger partial charge in [0.1, 0.15) is 6.04 Å². The second-order valence-electron chi connectivity index (χ2n) is 7.91. The maximum atomic E-state index is 12.6. The van der Waals surface area contributed by atoms with Crippen LogP contribution in [0, 0.1) is 0 Å². The molecule has 0 spiro atoms. The van der Waals surface area contributed by atoms with Crippen LogP contribution in [-0.2, 0) is 9.68 Å². The van der Waals surface area contributed by atoms with E-state index in [1.165, 1.54) is 0 Å². The fraction of sp³-hybridized carbons (Fsp3) is 0.952. The largest absolute Gasteiger partial charge is 0.662 e. The Morgan fingerprint density at radius 2 is 1.52 bits per heavy atom. The molecule has 0 aromatic heterocycles. The number of thioether (sulfide) groups is 1. The summed E-state index contributed by atoms with van der Waals surface area (Å²) in [6.07, 6.45) is 11.0. The van der Waals surface area contributed by atoms with E-state index in [2.05, 4.69) is 32.6 Å². The lowest BCUT2D eigenvalue weighted by molar-refractivity contribution is -0.955. The molecule has 0 aliphatic heterocycles. The van der Waals surface area contributed by atoms with Gasteiger partial charge >= 0.3 is 5.97 Å². The lowest BCUT2D eigenvalue weighted by Gasteiger charge is -2.51. The number of hydrogen-bond donors (Lipinski definition) is 1. The molecule has 0 fully saturated rings. The van der Waals surface area contributed by atoms with Gasteiger partial charge in [-0.25, -0.2) is 0 Å². The molecule has 0 aliphatic rings. The van der Waals surface area contributed by atoms with Crippen LogP contribution in [0.15, 0.2) is 0 Å². The number of unbranched alkanes of at least 4 members (excludes halogenated alkanes) is 3. The summed E-state index contributed by atoms with van der Waals surface area (Å²) >= 11 is 1.66. The Morgan fingerprint density at radius 3 is 1.85 bits per heavy atom. The zero-order valence-electron chi connectivity index (χ0n) is 18.4. The second kappa shape index (κ2) is 14.7. The van der Waals surface area contributed by atoms with Crippen molar-refractivity contribution in [2.24, 2.45) is 5.73 Å². The number of carbonyl (C=O) groups is 1. The van der Waals surface area contributed by atoms with Crippen molar-refractivity contribution in [2.75, 3.05) is 31.6 Å². The van der Waals surface area contributed by atoms with Crippen molar-refractivity contribution in [3.05, 3.63) is 0 Å². The van der Waals surface area contributed by atoms with Crippen LogP contribution in [-0.4, -0.2) is 53.7 Å². The molecular formula is C21H44N2O3S. The number of quaternary nitrogens is 1. The van der Waals surface area contributed by atoms with Gasteiger partial charge in [-0.2, -0.15) is 11.8 Å². The molecule has 162 valence electrons. The SMILES string of the molecule is CCCC[N+](CCCC)(CCCC)C(CCC)C(N)(CCSC)C(=O)O[O-]. The van der Waals surface area contributed by atoms with E-state index in [0.29, 0.717) is 6.42 Å². The van der Waals surface area contributed by atoms with Crippen LogP contribution in [0.2, 0.25) is 0 Å². The minimum Gasteiger partial charge on any atom is -0.662 e. The molecule has 0 aromatic rings. The van der Waals surface area contributed by atoms with E-state index in [1.54, 1.807) is 11.8 Å². The van der Waals surface area contributed by atoms with Gasteiger partial charge < -0.3 is 20.4 Å². The first-order valence-electron chi connectivity index (χ1n) is 10.9. The van der Waals surface area contributed by atoms with Crippen molar-refractivity contribution < 1.29 is 19.4 Å². The Kier molecular flexibility index (Phi) is 14.5. The van der Waals surface area contributed by atoms with Gasteiger partial charge in [-0.1, -0.05) is 53.4 Å². The van der Waals surface area contributed by atoms with Crippen LogP contribution < -0.4 is 11.0 Å². The van der Waals surface area contributed by atoms with Crippen molar-refractivity contribution in [3.8, 4) is 0 Å². The Morgan fingerprint density at radius 1 is 1.04 bits per heavy atom. The summed E-state index contributed by atoms with van der Waals surface area (Å²) in [7, 11) is 0. The molecule has 0 saturated heterocycles. The second-order valence-corrected chi connectivity index (χ2v) is 8.89. The standard InChI is InChI=1S/C21H44N2O3S/c1-6-10-15-23(16-11-7-2,17-12-8-3)19(13-9-4)21(22,14-18-27-5)20(24)26-25/h19H,6-18,22H2,1-5H3. The maximum absolute atomic E-state index is 12.6. The summed E-state index contributed by atoms with van der Waals surface area (Å²) in [6.45, 7) is 11.8. The molecule has 2 unspecified atom stereocenters. The highest BCUT2D eigenvalue weighted by Crippen LogP contribution is 2.33. The first-order chi connectivity index (χ1) is 12.9. The molecule has 0 aromatic carbocycles. The highest BCUT2D eigenvalue weighted by atomic mass is 32.2. The van der Waals surface area contributed by atoms with E-state index < -0.39 is 11.5 Å². The molecule has 6 heteroatoms. The quantitative estimate of drug-likeness (QED) is 0.227. The molecular weight excluding hydrogens is 360 g/mol. The Bertz CT molecular complexity index is 374. The highest BCUT2D eigenvalue weighted by Gasteiger charge is 2.52. The maximum Gasteiger partial charge on any atom is 0.326 e. The molecule has 27 heavy (non-hydrogen) atoms. The van der Waals surface area contributed by atoms with Crippen molar-refractivity contribution in [2.45, 2.75) is 97.1 Å². The van der Waals surface area contributed by atoms with E-state index in [1.807, 2.05) is 6.26 Å². The predicted molar refractivity (Wildman–Crippen MR) is 114 cm³/mol. The van der Waals surface area contributed by atoms with E-state index in [4.69, 9.17) is 5.73 Å². The molecule has 2 atom stereocenters. The van der Waals surface area contributed by atoms with Gasteiger partial charge in [0.2, 0.25) is 0 Å². The van der Waals surface area contributed by atoms with Crippen LogP contribution in [0.1, 0.15) is 85.5 Å². The fourth-order valence-corrected chi connectivity index (χ4v) is 4.81. The number of nitrogens with two attached hydrogens (primary N) is 1. The summed E-state index contributed by atoms with van der Waals surface area (Å²) in [4.78, 5) is 16.7. The molecule has 0 saturated carbocycles. The van der Waals surface area contributed by atoms with E-state index in [-0.39, 0.29) is 6.04 Å². The van der Waals surface area contributed by atoms with Crippen molar-refractivity contribution in [1.82, 2.24) is 0 Å². The average Bonchev–Trinajstić information content (AvgIpc) is 2.69. The van der Waals surface area contributed by atoms with Gasteiger partial charge in [0.05, 0.1) is 19.6 Å². The molecule has 2 N–H and O–H groups in total. The van der Waals surface area contributed by atoms with Gasteiger partial charge in [-0.05, 0) is 37.7 Å². The Hall–Kier alpha value is -0.300. The van der Waals surface area contributed by atoms with E-state index in [9.17, 15) is 10.1 Å². The Labute approximate surface area is 171 Å². The van der Waals surface area contributed by atoms with Crippen molar-refractivity contribution >= 4 is 17.7 Å². The topological polar surface area (TPSA) is 75.4 Å². The van der Waals surface area contributed by atoms with Gasteiger partial charge in [0.25, 0.3) is 0 Å². The van der Waals surface area contributed by atoms with Crippen LogP contribution >= 0.6 is 11.8 Å². The molecule has 0 heterocycles. The summed E-state index contributed by atoms with van der Waals surface area (Å²) in [5.74, 6) is -0.0248. The minimum absolute atomic E-state index is 0.0688. The highest BCUT2D eigenvalue weighted by molar-refractivity contribution is 7.98. The van der Waals surface area contributed by atoms with Crippen LogP contribution in [0.5, 0.6) is 0 Å². The third-order valence-corrected chi connectivity index (χ3v) is 6.48. The summed E-state index contributed by atoms with van der Waals surface area (Å²) < 4.78 is 0.851. The first-order valence-corrected chi connectivity index (χ1v) is 12.3. The van der Waals surface area contributed by atoms with E-state index >= 15 is 0 Å². The zero-order chi connectivity index (χ0) is 20.8. The fourth-order valence-electron chi connectivity index (χ4n) is 4.27. The molecule has 0 aliphatic carbocycles. The van der Waals surface area contributed by atoms with Crippen LogP contribution in [0.25, 0.3) is 0 Å². The lowest BCUT2D eigenvalue weighted by Crippen LogP contribution is -2.72. The van der Waals surface area contributed by atoms with Crippen LogP contribution in [0.4, 0.5) is 0 Å². The molecule has 0 amide bonds. The molecule has 5 nitrogen and oxygen atoms in total. The predicted octanol–water partition coefficient (Wildman–Crippen LogP) is 3.64. The van der Waals surface area contributed by atoms with Gasteiger partial charge in [-0.3, -0.25) is 4.79 Å². The van der Waals surface area contributed by atoms with Gasteiger partial charge in [-0.15, -0.1) is 0 Å². The van der Waals surface area contributed by atoms with Gasteiger partial charge in [0.15, 0.2) is 5.54 Å². The number of rotatable bonds is 17. The third-order valence-electron chi connectivity index (χ3n) is 5.86. The molecule has 0 rings (SSSR count). The van der Waals surface area contributed by atoms with Gasteiger partial charge in [0, 0.05) is 6.42 Å². The van der Waals surface area contributed by atoms with E-state index in [0.717, 1.165) is 81.2 Å². The lowest BCUT2D eigenvalue weighted by atomic mass is 9.81. The van der Waals surface area contributed by atoms with Crippen molar-refractivity contribution in [1.29, 1.82) is 0 Å². The number of hydrogen-bond acceptors (Lipinski definition) is 5. The number of carbonyl (C=O) groups excluding carboxylic acids is 1. The summed E-state index contributed by atoms with van der Waals surface area (Å²) in [6, 6.07) is -0.0688. The summed E-state index contributed by atoms with van der Waals surface area (Å²) in [5, 5.41) is 11.2. The third kappa shape index (κ3) is 7.92.